The van der Waals surface area contributed by atoms with Gasteiger partial charge in [0.05, 0.1) is 11.1 Å². The first kappa shape index (κ1) is 12.4. The molecule has 0 fully saturated rings. The van der Waals surface area contributed by atoms with Gasteiger partial charge in [-0.1, -0.05) is 36.4 Å². The predicted octanol–water partition coefficient (Wildman–Crippen LogP) is 1.94. The number of carbonyl (C=O) groups excluding carboxylic acids is 2. The van der Waals surface area contributed by atoms with Crippen molar-refractivity contribution in [2.24, 2.45) is 5.73 Å². The molecule has 4 heteroatoms. The highest BCUT2D eigenvalue weighted by atomic mass is 16.2. The molecule has 2 N–H and O–H groups in total. The SMILES string of the molecule is NC(=O)c1ccccc1C(=O)N1Cc2ccccc2C1. The van der Waals surface area contributed by atoms with E-state index in [2.05, 4.69) is 0 Å². The number of nitrogens with zero attached hydrogens (tertiary/aromatic N) is 1. The summed E-state index contributed by atoms with van der Waals surface area (Å²) in [6.45, 7) is 1.14. The van der Waals surface area contributed by atoms with E-state index in [1.165, 1.54) is 0 Å². The van der Waals surface area contributed by atoms with E-state index in [9.17, 15) is 9.59 Å². The molecule has 3 rings (SSSR count). The van der Waals surface area contributed by atoms with E-state index < -0.39 is 5.91 Å². The predicted molar refractivity (Wildman–Crippen MR) is 75.0 cm³/mol. The summed E-state index contributed by atoms with van der Waals surface area (Å²) in [5.74, 6) is -0.735. The molecule has 0 saturated carbocycles. The molecule has 0 bridgehead atoms. The lowest BCUT2D eigenvalue weighted by molar-refractivity contribution is 0.0746. The van der Waals surface area contributed by atoms with Gasteiger partial charge >= 0.3 is 0 Å². The van der Waals surface area contributed by atoms with Crippen molar-refractivity contribution in [3.05, 3.63) is 70.8 Å². The average Bonchev–Trinajstić information content (AvgIpc) is 2.90. The van der Waals surface area contributed by atoms with Gasteiger partial charge in [0.1, 0.15) is 0 Å². The summed E-state index contributed by atoms with van der Waals surface area (Å²) < 4.78 is 0. The van der Waals surface area contributed by atoms with E-state index in [0.29, 0.717) is 18.7 Å². The van der Waals surface area contributed by atoms with Gasteiger partial charge in [-0.25, -0.2) is 0 Å². The summed E-state index contributed by atoms with van der Waals surface area (Å²) >= 11 is 0. The summed E-state index contributed by atoms with van der Waals surface area (Å²) in [6.07, 6.45) is 0. The average molecular weight is 266 g/mol. The molecule has 0 unspecified atom stereocenters. The van der Waals surface area contributed by atoms with Crippen LogP contribution in [0.4, 0.5) is 0 Å². The Morgan fingerprint density at radius 3 is 1.90 bits per heavy atom. The van der Waals surface area contributed by atoms with Gasteiger partial charge in [-0.2, -0.15) is 0 Å². The molecule has 0 spiro atoms. The minimum absolute atomic E-state index is 0.157. The molecule has 2 aromatic rings. The third kappa shape index (κ3) is 2.05. The van der Waals surface area contributed by atoms with E-state index >= 15 is 0 Å². The molecule has 100 valence electrons. The fourth-order valence-corrected chi connectivity index (χ4v) is 2.53. The largest absolute Gasteiger partial charge is 0.366 e. The zero-order chi connectivity index (χ0) is 14.1. The van der Waals surface area contributed by atoms with Crippen LogP contribution < -0.4 is 5.73 Å². The van der Waals surface area contributed by atoms with Gasteiger partial charge in [0.2, 0.25) is 5.91 Å². The van der Waals surface area contributed by atoms with E-state index in [1.807, 2.05) is 24.3 Å². The second-order valence-corrected chi connectivity index (χ2v) is 4.84. The summed E-state index contributed by atoms with van der Waals surface area (Å²) in [5.41, 5.74) is 8.27. The first-order valence-electron chi connectivity index (χ1n) is 6.41. The Balaban J connectivity index is 1.91. The zero-order valence-electron chi connectivity index (χ0n) is 10.9. The van der Waals surface area contributed by atoms with E-state index in [0.717, 1.165) is 11.1 Å². The van der Waals surface area contributed by atoms with Crippen LogP contribution in [-0.4, -0.2) is 16.7 Å². The van der Waals surface area contributed by atoms with Crippen molar-refractivity contribution in [2.45, 2.75) is 13.1 Å². The molecule has 0 saturated heterocycles. The van der Waals surface area contributed by atoms with Crippen molar-refractivity contribution in [3.8, 4) is 0 Å². The summed E-state index contributed by atoms with van der Waals surface area (Å²) in [6, 6.07) is 14.6. The van der Waals surface area contributed by atoms with Gasteiger partial charge in [-0.05, 0) is 23.3 Å². The van der Waals surface area contributed by atoms with Crippen molar-refractivity contribution in [3.63, 3.8) is 0 Å². The van der Waals surface area contributed by atoms with E-state index in [-0.39, 0.29) is 11.5 Å². The number of amides is 2. The molecule has 0 aromatic heterocycles. The molecule has 0 atom stereocenters. The molecule has 2 amide bonds. The summed E-state index contributed by atoms with van der Waals surface area (Å²) in [7, 11) is 0. The Bertz CT molecular complexity index is 669. The number of benzene rings is 2. The molecule has 4 nitrogen and oxygen atoms in total. The maximum absolute atomic E-state index is 12.6. The monoisotopic (exact) mass is 266 g/mol. The summed E-state index contributed by atoms with van der Waals surface area (Å²) in [4.78, 5) is 25.7. The summed E-state index contributed by atoms with van der Waals surface area (Å²) in [5, 5.41) is 0. The number of primary amides is 1. The lowest BCUT2D eigenvalue weighted by atomic mass is 10.1. The molecule has 1 aliphatic heterocycles. The maximum atomic E-state index is 12.6. The van der Waals surface area contributed by atoms with Crippen LogP contribution >= 0.6 is 0 Å². The highest BCUT2D eigenvalue weighted by Gasteiger charge is 2.26. The van der Waals surface area contributed by atoms with Crippen LogP contribution in [0.2, 0.25) is 0 Å². The van der Waals surface area contributed by atoms with Crippen LogP contribution in [0.5, 0.6) is 0 Å². The van der Waals surface area contributed by atoms with Crippen molar-refractivity contribution in [2.75, 3.05) is 0 Å². The van der Waals surface area contributed by atoms with Crippen molar-refractivity contribution in [1.82, 2.24) is 4.90 Å². The van der Waals surface area contributed by atoms with Crippen molar-refractivity contribution < 1.29 is 9.59 Å². The maximum Gasteiger partial charge on any atom is 0.255 e. The van der Waals surface area contributed by atoms with Gasteiger partial charge in [0.25, 0.3) is 5.91 Å². The Morgan fingerprint density at radius 2 is 1.35 bits per heavy atom. The second kappa shape index (κ2) is 4.81. The molecule has 1 heterocycles. The van der Waals surface area contributed by atoms with Gasteiger partial charge < -0.3 is 10.6 Å². The van der Waals surface area contributed by atoms with Gasteiger partial charge in [0.15, 0.2) is 0 Å². The van der Waals surface area contributed by atoms with Crippen LogP contribution in [-0.2, 0) is 13.1 Å². The minimum Gasteiger partial charge on any atom is -0.366 e. The van der Waals surface area contributed by atoms with E-state index in [4.69, 9.17) is 5.73 Å². The number of fused-ring (bicyclic) bond motifs is 1. The second-order valence-electron chi connectivity index (χ2n) is 4.84. The van der Waals surface area contributed by atoms with Crippen LogP contribution in [0.1, 0.15) is 31.8 Å². The molecule has 20 heavy (non-hydrogen) atoms. The topological polar surface area (TPSA) is 63.4 Å². The molecular weight excluding hydrogens is 252 g/mol. The Kier molecular flexibility index (Phi) is 2.99. The van der Waals surface area contributed by atoms with Gasteiger partial charge in [0, 0.05) is 13.1 Å². The number of hydrogen-bond donors (Lipinski definition) is 1. The zero-order valence-corrected chi connectivity index (χ0v) is 10.9. The van der Waals surface area contributed by atoms with Crippen LogP contribution in [0.15, 0.2) is 48.5 Å². The first-order chi connectivity index (χ1) is 9.66. The fourth-order valence-electron chi connectivity index (χ4n) is 2.53. The van der Waals surface area contributed by atoms with Crippen LogP contribution in [0.3, 0.4) is 0 Å². The molecule has 0 aliphatic carbocycles. The molecular formula is C16H14N2O2. The van der Waals surface area contributed by atoms with Crippen molar-refractivity contribution >= 4 is 11.8 Å². The van der Waals surface area contributed by atoms with Gasteiger partial charge in [-0.3, -0.25) is 9.59 Å². The Labute approximate surface area is 116 Å². The Morgan fingerprint density at radius 1 is 0.850 bits per heavy atom. The lowest BCUT2D eigenvalue weighted by Gasteiger charge is -2.16. The third-order valence-corrected chi connectivity index (χ3v) is 3.55. The van der Waals surface area contributed by atoms with Crippen LogP contribution in [0, 0.1) is 0 Å². The third-order valence-electron chi connectivity index (χ3n) is 3.55. The normalized spacial score (nSPS) is 13.1. The van der Waals surface area contributed by atoms with Crippen LogP contribution in [0.25, 0.3) is 0 Å². The molecule has 1 aliphatic rings. The first-order valence-corrected chi connectivity index (χ1v) is 6.41. The Hall–Kier alpha value is -2.62. The minimum atomic E-state index is -0.578. The van der Waals surface area contributed by atoms with Gasteiger partial charge in [-0.15, -0.1) is 0 Å². The number of carbonyl (C=O) groups is 2. The number of nitrogens with two attached hydrogens (primary N) is 1. The number of rotatable bonds is 2. The highest BCUT2D eigenvalue weighted by molar-refractivity contribution is 6.06. The van der Waals surface area contributed by atoms with E-state index in [1.54, 1.807) is 29.2 Å². The number of hydrogen-bond acceptors (Lipinski definition) is 2. The molecule has 2 aromatic carbocycles. The molecule has 0 radical (unpaired) electrons. The highest BCUT2D eigenvalue weighted by Crippen LogP contribution is 2.24. The smallest absolute Gasteiger partial charge is 0.255 e. The standard InChI is InChI=1S/C16H14N2O2/c17-15(19)13-7-3-4-8-14(13)16(20)18-9-11-5-1-2-6-12(11)10-18/h1-8H,9-10H2,(H2,17,19). The quantitative estimate of drug-likeness (QED) is 0.902. The lowest BCUT2D eigenvalue weighted by Crippen LogP contribution is -2.28. The fraction of sp³-hybridized carbons (Fsp3) is 0.125. The van der Waals surface area contributed by atoms with Crippen molar-refractivity contribution in [1.29, 1.82) is 0 Å².